The number of ether oxygens (including phenoxy) is 1. The van der Waals surface area contributed by atoms with Crippen molar-refractivity contribution in [1.29, 1.82) is 0 Å². The van der Waals surface area contributed by atoms with E-state index in [0.717, 1.165) is 25.4 Å². The second-order valence-electron chi connectivity index (χ2n) is 6.21. The van der Waals surface area contributed by atoms with Crippen LogP contribution in [0.1, 0.15) is 39.2 Å². The Morgan fingerprint density at radius 2 is 2.14 bits per heavy atom. The van der Waals surface area contributed by atoms with Crippen LogP contribution in [0.4, 0.5) is 0 Å². The summed E-state index contributed by atoms with van der Waals surface area (Å²) in [5.74, 6) is 1.66. The summed E-state index contributed by atoms with van der Waals surface area (Å²) < 4.78 is 5.78. The highest BCUT2D eigenvalue weighted by atomic mass is 35.5. The van der Waals surface area contributed by atoms with Crippen molar-refractivity contribution >= 4 is 12.4 Å². The third-order valence-corrected chi connectivity index (χ3v) is 4.13. The van der Waals surface area contributed by atoms with Gasteiger partial charge in [-0.2, -0.15) is 0 Å². The van der Waals surface area contributed by atoms with Crippen LogP contribution >= 0.6 is 12.4 Å². The lowest BCUT2D eigenvalue weighted by atomic mass is 9.90. The Bertz CT molecular complexity index is 425. The number of piperidine rings is 1. The van der Waals surface area contributed by atoms with Crippen LogP contribution in [0.15, 0.2) is 24.3 Å². The van der Waals surface area contributed by atoms with E-state index in [1.807, 2.05) is 6.07 Å². The molecule has 1 aromatic carbocycles. The van der Waals surface area contributed by atoms with Gasteiger partial charge in [-0.3, -0.25) is 4.90 Å². The highest BCUT2D eigenvalue weighted by Crippen LogP contribution is 2.25. The molecule has 0 saturated carbocycles. The molecule has 120 valence electrons. The van der Waals surface area contributed by atoms with E-state index in [1.54, 1.807) is 0 Å². The number of nitrogens with zero attached hydrogens (tertiary/aromatic N) is 1. The molecule has 1 heterocycles. The highest BCUT2D eigenvalue weighted by Gasteiger charge is 2.27. The van der Waals surface area contributed by atoms with E-state index in [9.17, 15) is 0 Å². The zero-order valence-electron chi connectivity index (χ0n) is 13.4. The minimum absolute atomic E-state index is 0. The molecule has 0 spiro atoms. The van der Waals surface area contributed by atoms with Crippen LogP contribution in [-0.4, -0.2) is 30.1 Å². The summed E-state index contributed by atoms with van der Waals surface area (Å²) in [7, 11) is 0. The van der Waals surface area contributed by atoms with Gasteiger partial charge in [0.2, 0.25) is 0 Å². The summed E-state index contributed by atoms with van der Waals surface area (Å²) in [4.78, 5) is 2.53. The van der Waals surface area contributed by atoms with Crippen LogP contribution in [0.25, 0.3) is 0 Å². The molecular weight excluding hydrogens is 284 g/mol. The number of benzene rings is 1. The molecule has 2 atom stereocenters. The van der Waals surface area contributed by atoms with Crippen molar-refractivity contribution in [3.05, 3.63) is 29.8 Å². The van der Waals surface area contributed by atoms with E-state index in [-0.39, 0.29) is 18.5 Å². The van der Waals surface area contributed by atoms with E-state index in [0.29, 0.717) is 12.0 Å². The third-order valence-electron chi connectivity index (χ3n) is 4.13. The molecule has 0 radical (unpaired) electrons. The molecular formula is C17H29ClN2O. The lowest BCUT2D eigenvalue weighted by Gasteiger charge is -2.39. The van der Waals surface area contributed by atoms with E-state index >= 15 is 0 Å². The van der Waals surface area contributed by atoms with Crippen LogP contribution in [0, 0.1) is 5.92 Å². The van der Waals surface area contributed by atoms with Crippen molar-refractivity contribution in [2.24, 2.45) is 11.7 Å². The number of halogens is 1. The standard InChI is InChI=1S/C17H28N2O.ClH/c1-13(2)20-16-8-4-7-15(10-16)12-19-9-5-6-14(3)17(19)11-18;/h4,7-8,10,13-14,17H,5-6,9,11-12,18H2,1-3H3;1H. The first-order chi connectivity index (χ1) is 9.60. The van der Waals surface area contributed by atoms with Crippen molar-refractivity contribution < 1.29 is 4.74 Å². The van der Waals surface area contributed by atoms with Gasteiger partial charge in [0.15, 0.2) is 0 Å². The Hall–Kier alpha value is -0.770. The van der Waals surface area contributed by atoms with Gasteiger partial charge < -0.3 is 10.5 Å². The molecule has 4 heteroatoms. The van der Waals surface area contributed by atoms with E-state index in [4.69, 9.17) is 10.5 Å². The summed E-state index contributed by atoms with van der Waals surface area (Å²) in [5.41, 5.74) is 7.28. The number of nitrogens with two attached hydrogens (primary N) is 1. The number of likely N-dealkylation sites (tertiary alicyclic amines) is 1. The second-order valence-corrected chi connectivity index (χ2v) is 6.21. The fourth-order valence-electron chi connectivity index (χ4n) is 3.14. The Balaban J connectivity index is 0.00000220. The van der Waals surface area contributed by atoms with E-state index < -0.39 is 0 Å². The van der Waals surface area contributed by atoms with Crippen molar-refractivity contribution in [2.45, 2.75) is 52.3 Å². The predicted molar refractivity (Wildman–Crippen MR) is 91.1 cm³/mol. The van der Waals surface area contributed by atoms with Crippen LogP contribution in [0.2, 0.25) is 0 Å². The summed E-state index contributed by atoms with van der Waals surface area (Å²) in [6.45, 7) is 9.32. The number of hydrogen-bond donors (Lipinski definition) is 1. The van der Waals surface area contributed by atoms with Crippen molar-refractivity contribution in [1.82, 2.24) is 4.90 Å². The maximum absolute atomic E-state index is 5.97. The SMILES string of the molecule is CC(C)Oc1cccc(CN2CCCC(C)C2CN)c1.Cl. The third kappa shape index (κ3) is 5.17. The molecule has 1 saturated heterocycles. The maximum Gasteiger partial charge on any atom is 0.120 e. The molecule has 0 amide bonds. The van der Waals surface area contributed by atoms with Crippen LogP contribution in [-0.2, 0) is 6.54 Å². The lowest BCUT2D eigenvalue weighted by Crippen LogP contribution is -2.47. The van der Waals surface area contributed by atoms with Gasteiger partial charge in [0, 0.05) is 19.1 Å². The quantitative estimate of drug-likeness (QED) is 0.905. The molecule has 2 unspecified atom stereocenters. The van der Waals surface area contributed by atoms with Crippen molar-refractivity contribution in [2.75, 3.05) is 13.1 Å². The van der Waals surface area contributed by atoms with Gasteiger partial charge in [-0.05, 0) is 56.8 Å². The largest absolute Gasteiger partial charge is 0.491 e. The molecule has 0 aromatic heterocycles. The van der Waals surface area contributed by atoms with Gasteiger partial charge >= 0.3 is 0 Å². The van der Waals surface area contributed by atoms with Crippen LogP contribution < -0.4 is 10.5 Å². The van der Waals surface area contributed by atoms with Crippen LogP contribution in [0.5, 0.6) is 5.75 Å². The minimum atomic E-state index is 0. The van der Waals surface area contributed by atoms with Gasteiger partial charge in [-0.25, -0.2) is 0 Å². The average molecular weight is 313 g/mol. The molecule has 0 bridgehead atoms. The smallest absolute Gasteiger partial charge is 0.120 e. The van der Waals surface area contributed by atoms with Gasteiger partial charge in [0.1, 0.15) is 5.75 Å². The highest BCUT2D eigenvalue weighted by molar-refractivity contribution is 5.85. The molecule has 21 heavy (non-hydrogen) atoms. The lowest BCUT2D eigenvalue weighted by molar-refractivity contribution is 0.0989. The Morgan fingerprint density at radius 3 is 2.81 bits per heavy atom. The van der Waals surface area contributed by atoms with Crippen molar-refractivity contribution in [3.63, 3.8) is 0 Å². The van der Waals surface area contributed by atoms with Gasteiger partial charge in [0.25, 0.3) is 0 Å². The molecule has 0 aliphatic carbocycles. The fourth-order valence-corrected chi connectivity index (χ4v) is 3.14. The first-order valence-electron chi connectivity index (χ1n) is 7.80. The summed E-state index contributed by atoms with van der Waals surface area (Å²) in [6.07, 6.45) is 2.80. The maximum atomic E-state index is 5.97. The summed E-state index contributed by atoms with van der Waals surface area (Å²) in [6, 6.07) is 8.96. The topological polar surface area (TPSA) is 38.5 Å². The Morgan fingerprint density at radius 1 is 1.38 bits per heavy atom. The molecule has 3 nitrogen and oxygen atoms in total. The Kier molecular flexibility index (Phi) is 7.50. The minimum Gasteiger partial charge on any atom is -0.491 e. The average Bonchev–Trinajstić information content (AvgIpc) is 2.38. The zero-order chi connectivity index (χ0) is 14.5. The molecule has 1 aliphatic heterocycles. The molecule has 2 rings (SSSR count). The van der Waals surface area contributed by atoms with E-state index in [1.165, 1.54) is 18.4 Å². The normalized spacial score (nSPS) is 22.9. The van der Waals surface area contributed by atoms with Crippen molar-refractivity contribution in [3.8, 4) is 5.75 Å². The van der Waals surface area contributed by atoms with Gasteiger partial charge in [-0.1, -0.05) is 19.1 Å². The summed E-state index contributed by atoms with van der Waals surface area (Å²) >= 11 is 0. The van der Waals surface area contributed by atoms with Gasteiger partial charge in [0.05, 0.1) is 6.10 Å². The predicted octanol–water partition coefficient (Wildman–Crippen LogP) is 3.45. The second kappa shape index (κ2) is 8.62. The number of rotatable bonds is 5. The fraction of sp³-hybridized carbons (Fsp3) is 0.647. The Labute approximate surface area is 135 Å². The first-order valence-corrected chi connectivity index (χ1v) is 7.80. The molecule has 1 aromatic rings. The molecule has 1 aliphatic rings. The molecule has 2 N–H and O–H groups in total. The van der Waals surface area contributed by atoms with E-state index in [2.05, 4.69) is 43.9 Å². The van der Waals surface area contributed by atoms with Crippen LogP contribution in [0.3, 0.4) is 0 Å². The monoisotopic (exact) mass is 312 g/mol. The number of hydrogen-bond acceptors (Lipinski definition) is 3. The zero-order valence-corrected chi connectivity index (χ0v) is 14.2. The first kappa shape index (κ1) is 18.3. The summed E-state index contributed by atoms with van der Waals surface area (Å²) in [5, 5.41) is 0. The van der Waals surface area contributed by atoms with Gasteiger partial charge in [-0.15, -0.1) is 12.4 Å². The molecule has 1 fully saturated rings.